The number of aromatic carboxylic acids is 1. The van der Waals surface area contributed by atoms with Crippen LogP contribution in [0.4, 0.5) is 0 Å². The molecule has 4 nitrogen and oxygen atoms in total. The molecule has 0 unspecified atom stereocenters. The van der Waals surface area contributed by atoms with Crippen LogP contribution in [0.15, 0.2) is 11.4 Å². The Morgan fingerprint density at radius 1 is 1.71 bits per heavy atom. The van der Waals surface area contributed by atoms with Crippen LogP contribution in [-0.4, -0.2) is 25.9 Å². The van der Waals surface area contributed by atoms with Gasteiger partial charge in [-0.25, -0.2) is 9.78 Å². The van der Waals surface area contributed by atoms with Crippen molar-refractivity contribution in [3.63, 3.8) is 0 Å². The van der Waals surface area contributed by atoms with Crippen LogP contribution in [0.2, 0.25) is 0 Å². The summed E-state index contributed by atoms with van der Waals surface area (Å²) in [7, 11) is 0. The highest BCUT2D eigenvalue weighted by molar-refractivity contribution is 7.99. The van der Waals surface area contributed by atoms with Gasteiger partial charge in [-0.1, -0.05) is 25.6 Å². The van der Waals surface area contributed by atoms with E-state index >= 15 is 0 Å². The van der Waals surface area contributed by atoms with Crippen molar-refractivity contribution >= 4 is 17.7 Å². The largest absolute Gasteiger partial charge is 0.477 e. The Morgan fingerprint density at radius 2 is 2.36 bits per heavy atom. The molecule has 0 bridgehead atoms. The average Bonchev–Trinajstić information content (AvgIpc) is 2.46. The third-order valence-corrected chi connectivity index (χ3v) is 2.70. The molecule has 0 aromatic carbocycles. The Hall–Kier alpha value is -0.970. The van der Waals surface area contributed by atoms with Crippen molar-refractivity contribution in [3.8, 4) is 0 Å². The zero-order valence-electron chi connectivity index (χ0n) is 8.52. The van der Waals surface area contributed by atoms with E-state index in [1.807, 2.05) is 6.92 Å². The molecule has 0 saturated heterocycles. The van der Waals surface area contributed by atoms with Gasteiger partial charge >= 0.3 is 5.97 Å². The number of nitrogens with zero attached hydrogens (tertiary/aromatic N) is 2. The van der Waals surface area contributed by atoms with Gasteiger partial charge in [0.15, 0.2) is 5.16 Å². The Morgan fingerprint density at radius 3 is 2.79 bits per heavy atom. The molecule has 0 saturated carbocycles. The maximum atomic E-state index is 10.8. The Bertz CT molecular complexity index is 334. The van der Waals surface area contributed by atoms with Crippen LogP contribution in [0.25, 0.3) is 0 Å². The van der Waals surface area contributed by atoms with Crippen LogP contribution in [0.1, 0.15) is 31.3 Å². The summed E-state index contributed by atoms with van der Waals surface area (Å²) >= 11 is 1.58. The Kier molecular flexibility index (Phi) is 3.57. The molecule has 1 heterocycles. The first-order chi connectivity index (χ1) is 6.56. The zero-order valence-corrected chi connectivity index (χ0v) is 9.34. The maximum Gasteiger partial charge on any atom is 0.354 e. The second-order valence-electron chi connectivity index (χ2n) is 3.14. The van der Waals surface area contributed by atoms with Gasteiger partial charge < -0.3 is 9.67 Å². The first kappa shape index (κ1) is 11.1. The van der Waals surface area contributed by atoms with Gasteiger partial charge in [-0.05, 0) is 6.92 Å². The van der Waals surface area contributed by atoms with E-state index in [9.17, 15) is 4.79 Å². The monoisotopic (exact) mass is 214 g/mol. The van der Waals surface area contributed by atoms with Gasteiger partial charge in [0.2, 0.25) is 0 Å². The second-order valence-corrected chi connectivity index (χ2v) is 4.69. The topological polar surface area (TPSA) is 55.1 Å². The molecule has 0 atom stereocenters. The molecule has 1 rings (SSSR count). The maximum absolute atomic E-state index is 10.8. The number of thioether (sulfide) groups is 1. The summed E-state index contributed by atoms with van der Waals surface area (Å²) in [5.74, 6) is -0.921. The van der Waals surface area contributed by atoms with Gasteiger partial charge in [0.25, 0.3) is 0 Å². The second kappa shape index (κ2) is 4.50. The summed E-state index contributed by atoms with van der Waals surface area (Å²) in [4.78, 5) is 14.9. The standard InChI is InChI=1S/C9H14N2O2S/c1-4-11-7(8(12)13)5-10-9(11)14-6(2)3/h5-6H,4H2,1-3H3,(H,12,13). The van der Waals surface area contributed by atoms with Crippen molar-refractivity contribution < 1.29 is 9.90 Å². The summed E-state index contributed by atoms with van der Waals surface area (Å²) in [5, 5.41) is 10.1. The van der Waals surface area contributed by atoms with Gasteiger partial charge in [0.1, 0.15) is 5.69 Å². The lowest BCUT2D eigenvalue weighted by atomic mass is 10.5. The number of carbonyl (C=O) groups is 1. The Balaban J connectivity index is 3.01. The smallest absolute Gasteiger partial charge is 0.354 e. The molecule has 0 fully saturated rings. The summed E-state index contributed by atoms with van der Waals surface area (Å²) in [6.45, 7) is 6.66. The van der Waals surface area contributed by atoms with E-state index in [4.69, 9.17) is 5.11 Å². The fourth-order valence-electron chi connectivity index (χ4n) is 1.14. The number of carboxylic acid groups (broad SMARTS) is 1. The lowest BCUT2D eigenvalue weighted by Gasteiger charge is -2.07. The zero-order chi connectivity index (χ0) is 10.7. The molecule has 5 heteroatoms. The fourth-order valence-corrected chi connectivity index (χ4v) is 2.03. The van der Waals surface area contributed by atoms with E-state index in [0.29, 0.717) is 11.8 Å². The number of rotatable bonds is 4. The van der Waals surface area contributed by atoms with Crippen LogP contribution in [0.5, 0.6) is 0 Å². The van der Waals surface area contributed by atoms with Crippen LogP contribution < -0.4 is 0 Å². The molecular weight excluding hydrogens is 200 g/mol. The first-order valence-corrected chi connectivity index (χ1v) is 5.39. The quantitative estimate of drug-likeness (QED) is 0.780. The molecule has 0 aliphatic rings. The van der Waals surface area contributed by atoms with Gasteiger partial charge in [-0.2, -0.15) is 0 Å². The summed E-state index contributed by atoms with van der Waals surface area (Å²) < 4.78 is 1.72. The molecule has 78 valence electrons. The number of hydrogen-bond donors (Lipinski definition) is 1. The molecule has 0 aliphatic heterocycles. The number of aromatic nitrogens is 2. The molecule has 1 aromatic rings. The average molecular weight is 214 g/mol. The van der Waals surface area contributed by atoms with E-state index in [1.54, 1.807) is 16.3 Å². The van der Waals surface area contributed by atoms with E-state index in [-0.39, 0.29) is 5.69 Å². The van der Waals surface area contributed by atoms with E-state index < -0.39 is 5.97 Å². The van der Waals surface area contributed by atoms with Crippen molar-refractivity contribution in [2.24, 2.45) is 0 Å². The van der Waals surface area contributed by atoms with E-state index in [2.05, 4.69) is 18.8 Å². The Labute approximate surface area is 87.3 Å². The fraction of sp³-hybridized carbons (Fsp3) is 0.556. The summed E-state index contributed by atoms with van der Waals surface area (Å²) in [5.41, 5.74) is 0.260. The minimum Gasteiger partial charge on any atom is -0.477 e. The van der Waals surface area contributed by atoms with Crippen molar-refractivity contribution in [1.82, 2.24) is 9.55 Å². The van der Waals surface area contributed by atoms with Crippen LogP contribution >= 0.6 is 11.8 Å². The van der Waals surface area contributed by atoms with Gasteiger partial charge in [-0.15, -0.1) is 0 Å². The summed E-state index contributed by atoms with van der Waals surface area (Å²) in [6, 6.07) is 0. The highest BCUT2D eigenvalue weighted by Crippen LogP contribution is 2.22. The molecule has 0 spiro atoms. The number of carboxylic acids is 1. The van der Waals surface area contributed by atoms with Gasteiger partial charge in [0.05, 0.1) is 6.20 Å². The first-order valence-electron chi connectivity index (χ1n) is 4.51. The SMILES string of the molecule is CCn1c(C(=O)O)cnc1SC(C)C. The van der Waals surface area contributed by atoms with Crippen molar-refractivity contribution in [2.75, 3.05) is 0 Å². The summed E-state index contributed by atoms with van der Waals surface area (Å²) in [6.07, 6.45) is 1.41. The molecule has 0 amide bonds. The minimum atomic E-state index is -0.921. The molecule has 0 aliphatic carbocycles. The molecule has 1 aromatic heterocycles. The number of hydrogen-bond acceptors (Lipinski definition) is 3. The predicted molar refractivity (Wildman–Crippen MR) is 55.9 cm³/mol. The van der Waals surface area contributed by atoms with Gasteiger partial charge in [0, 0.05) is 11.8 Å². The number of imidazole rings is 1. The predicted octanol–water partition coefficient (Wildman–Crippen LogP) is 2.10. The van der Waals surface area contributed by atoms with E-state index in [1.165, 1.54) is 6.20 Å². The third kappa shape index (κ3) is 2.29. The molecule has 1 N–H and O–H groups in total. The molecule has 0 radical (unpaired) electrons. The highest BCUT2D eigenvalue weighted by Gasteiger charge is 2.15. The molecular formula is C9H14N2O2S. The van der Waals surface area contributed by atoms with Crippen molar-refractivity contribution in [3.05, 3.63) is 11.9 Å². The molecule has 14 heavy (non-hydrogen) atoms. The van der Waals surface area contributed by atoms with Crippen molar-refractivity contribution in [2.45, 2.75) is 37.7 Å². The third-order valence-electron chi connectivity index (χ3n) is 1.70. The lowest BCUT2D eigenvalue weighted by Crippen LogP contribution is -2.08. The lowest BCUT2D eigenvalue weighted by molar-refractivity contribution is 0.0684. The normalized spacial score (nSPS) is 10.9. The highest BCUT2D eigenvalue weighted by atomic mass is 32.2. The van der Waals surface area contributed by atoms with Crippen LogP contribution in [0, 0.1) is 0 Å². The van der Waals surface area contributed by atoms with E-state index in [0.717, 1.165) is 5.16 Å². The van der Waals surface area contributed by atoms with Crippen LogP contribution in [-0.2, 0) is 6.54 Å². The minimum absolute atomic E-state index is 0.260. The van der Waals surface area contributed by atoms with Crippen molar-refractivity contribution in [1.29, 1.82) is 0 Å². The van der Waals surface area contributed by atoms with Crippen LogP contribution in [0.3, 0.4) is 0 Å². The van der Waals surface area contributed by atoms with Gasteiger partial charge in [-0.3, -0.25) is 0 Å².